The first-order valence-electron chi connectivity index (χ1n) is 8.50. The Bertz CT molecular complexity index is 777. The summed E-state index contributed by atoms with van der Waals surface area (Å²) >= 11 is 0. The molecule has 1 aliphatic rings. The van der Waals surface area contributed by atoms with Gasteiger partial charge < -0.3 is 24.2 Å². The van der Waals surface area contributed by atoms with Gasteiger partial charge in [-0.3, -0.25) is 4.79 Å². The molecule has 1 aliphatic heterocycles. The molecular weight excluding hydrogens is 334 g/mol. The average molecular weight is 357 g/mol. The first-order chi connectivity index (χ1) is 12.7. The Balaban J connectivity index is 1.95. The molecule has 0 spiro atoms. The lowest BCUT2D eigenvalue weighted by Gasteiger charge is -2.34. The van der Waals surface area contributed by atoms with Gasteiger partial charge in [-0.1, -0.05) is 12.1 Å². The number of carbonyl (C=O) groups excluding carboxylic acids is 1. The number of morpholine rings is 1. The number of aliphatic hydroxyl groups is 1. The van der Waals surface area contributed by atoms with Crippen molar-refractivity contribution in [3.05, 3.63) is 48.0 Å². The van der Waals surface area contributed by atoms with Crippen LogP contribution in [-0.2, 0) is 4.74 Å². The van der Waals surface area contributed by atoms with E-state index in [0.29, 0.717) is 36.8 Å². The number of nitrogens with zero attached hydrogens (tertiary/aromatic N) is 1. The summed E-state index contributed by atoms with van der Waals surface area (Å²) in [7, 11) is 3.22. The molecule has 0 unspecified atom stereocenters. The summed E-state index contributed by atoms with van der Waals surface area (Å²) in [4.78, 5) is 14.6. The Labute approximate surface area is 152 Å². The maximum Gasteiger partial charge on any atom is 0.254 e. The summed E-state index contributed by atoms with van der Waals surface area (Å²) < 4.78 is 16.1. The van der Waals surface area contributed by atoms with Crippen LogP contribution in [0.2, 0.25) is 0 Å². The Hall–Kier alpha value is -2.57. The molecule has 26 heavy (non-hydrogen) atoms. The van der Waals surface area contributed by atoms with Gasteiger partial charge in [0.2, 0.25) is 0 Å². The van der Waals surface area contributed by atoms with E-state index in [0.717, 1.165) is 11.1 Å². The highest BCUT2D eigenvalue weighted by Crippen LogP contribution is 2.34. The van der Waals surface area contributed by atoms with Crippen molar-refractivity contribution in [3.8, 4) is 22.6 Å². The molecular formula is C20H23NO5. The minimum absolute atomic E-state index is 0.115. The van der Waals surface area contributed by atoms with Gasteiger partial charge in [0.15, 0.2) is 0 Å². The lowest BCUT2D eigenvalue weighted by atomic mass is 10.0. The quantitative estimate of drug-likeness (QED) is 0.889. The van der Waals surface area contributed by atoms with Crippen molar-refractivity contribution >= 4 is 5.91 Å². The van der Waals surface area contributed by atoms with E-state index in [9.17, 15) is 9.90 Å². The van der Waals surface area contributed by atoms with E-state index in [4.69, 9.17) is 14.2 Å². The lowest BCUT2D eigenvalue weighted by Crippen LogP contribution is -2.50. The van der Waals surface area contributed by atoms with Crippen LogP contribution in [-0.4, -0.2) is 62.5 Å². The van der Waals surface area contributed by atoms with E-state index < -0.39 is 0 Å². The van der Waals surface area contributed by atoms with Crippen LogP contribution in [0.25, 0.3) is 11.1 Å². The van der Waals surface area contributed by atoms with Crippen LogP contribution in [0, 0.1) is 0 Å². The molecule has 0 saturated carbocycles. The van der Waals surface area contributed by atoms with Crippen molar-refractivity contribution in [1.29, 1.82) is 0 Å². The minimum atomic E-state index is -0.314. The first-order valence-corrected chi connectivity index (χ1v) is 8.50. The summed E-state index contributed by atoms with van der Waals surface area (Å²) in [5.41, 5.74) is 2.27. The van der Waals surface area contributed by atoms with Crippen molar-refractivity contribution < 1.29 is 24.1 Å². The Kier molecular flexibility index (Phi) is 5.75. The second-order valence-corrected chi connectivity index (χ2v) is 6.06. The maximum absolute atomic E-state index is 12.9. The second kappa shape index (κ2) is 8.21. The fraction of sp³-hybridized carbons (Fsp3) is 0.350. The van der Waals surface area contributed by atoms with Crippen molar-refractivity contribution in [3.63, 3.8) is 0 Å². The minimum Gasteiger partial charge on any atom is -0.497 e. The highest BCUT2D eigenvalue weighted by Gasteiger charge is 2.27. The number of amides is 1. The van der Waals surface area contributed by atoms with Gasteiger partial charge in [-0.15, -0.1) is 0 Å². The molecule has 2 aromatic carbocycles. The molecule has 138 valence electrons. The van der Waals surface area contributed by atoms with Crippen LogP contribution in [0.4, 0.5) is 0 Å². The van der Waals surface area contributed by atoms with Gasteiger partial charge in [-0.05, 0) is 35.9 Å². The second-order valence-electron chi connectivity index (χ2n) is 6.06. The molecule has 0 bridgehead atoms. The molecule has 1 atom stereocenters. The first kappa shape index (κ1) is 18.2. The van der Waals surface area contributed by atoms with E-state index >= 15 is 0 Å². The largest absolute Gasteiger partial charge is 0.497 e. The third-order valence-corrected chi connectivity index (χ3v) is 4.53. The zero-order chi connectivity index (χ0) is 18.5. The number of ether oxygens (including phenoxy) is 3. The summed E-state index contributed by atoms with van der Waals surface area (Å²) in [5, 5.41) is 9.51. The van der Waals surface area contributed by atoms with E-state index in [1.807, 2.05) is 36.4 Å². The van der Waals surface area contributed by atoms with Crippen LogP contribution < -0.4 is 9.47 Å². The summed E-state index contributed by atoms with van der Waals surface area (Å²) in [6.45, 7) is 1.18. The molecule has 1 N–H and O–H groups in total. The molecule has 0 aliphatic carbocycles. The monoisotopic (exact) mass is 357 g/mol. The average Bonchev–Trinajstić information content (AvgIpc) is 2.72. The predicted octanol–water partition coefficient (Wildman–Crippen LogP) is 2.20. The van der Waals surface area contributed by atoms with Crippen LogP contribution in [0.15, 0.2) is 42.5 Å². The Morgan fingerprint density at radius 2 is 2.08 bits per heavy atom. The van der Waals surface area contributed by atoms with Crippen LogP contribution in [0.1, 0.15) is 10.4 Å². The van der Waals surface area contributed by atoms with Gasteiger partial charge in [0.1, 0.15) is 11.5 Å². The summed E-state index contributed by atoms with van der Waals surface area (Å²) in [5.74, 6) is 1.30. The number of methoxy groups -OCH3 is 2. The van der Waals surface area contributed by atoms with Gasteiger partial charge in [-0.25, -0.2) is 0 Å². The molecule has 0 aromatic heterocycles. The molecule has 0 radical (unpaired) electrons. The molecule has 1 amide bonds. The standard InChI is InChI=1S/C20H23NO5/c1-24-17-6-7-19(25-2)18(11-17)14-4-3-5-15(10-14)20(23)21-8-9-26-13-16(21)12-22/h3-7,10-11,16,22H,8-9,12-13H2,1-2H3/t16-/m0/s1. The summed E-state index contributed by atoms with van der Waals surface area (Å²) in [6.07, 6.45) is 0. The van der Waals surface area contributed by atoms with Crippen LogP contribution in [0.3, 0.4) is 0 Å². The molecule has 2 aromatic rings. The number of benzene rings is 2. The van der Waals surface area contributed by atoms with Crippen molar-refractivity contribution in [2.75, 3.05) is 40.6 Å². The number of hydrogen-bond donors (Lipinski definition) is 1. The molecule has 6 nitrogen and oxygen atoms in total. The van der Waals surface area contributed by atoms with E-state index in [2.05, 4.69) is 0 Å². The number of hydrogen-bond acceptors (Lipinski definition) is 5. The van der Waals surface area contributed by atoms with Gasteiger partial charge in [0.25, 0.3) is 5.91 Å². The molecule has 1 saturated heterocycles. The van der Waals surface area contributed by atoms with Gasteiger partial charge >= 0.3 is 0 Å². The van der Waals surface area contributed by atoms with Crippen molar-refractivity contribution in [1.82, 2.24) is 4.90 Å². The lowest BCUT2D eigenvalue weighted by molar-refractivity contribution is -0.0183. The van der Waals surface area contributed by atoms with Gasteiger partial charge in [0.05, 0.1) is 40.1 Å². The Morgan fingerprint density at radius 3 is 2.81 bits per heavy atom. The highest BCUT2D eigenvalue weighted by atomic mass is 16.5. The number of carbonyl (C=O) groups is 1. The predicted molar refractivity (Wildman–Crippen MR) is 97.7 cm³/mol. The third kappa shape index (κ3) is 3.66. The van der Waals surface area contributed by atoms with E-state index in [1.165, 1.54) is 0 Å². The normalized spacial score (nSPS) is 17.0. The maximum atomic E-state index is 12.9. The smallest absolute Gasteiger partial charge is 0.254 e. The van der Waals surface area contributed by atoms with Crippen LogP contribution >= 0.6 is 0 Å². The van der Waals surface area contributed by atoms with Crippen molar-refractivity contribution in [2.24, 2.45) is 0 Å². The molecule has 3 rings (SSSR count). The highest BCUT2D eigenvalue weighted by molar-refractivity contribution is 5.96. The fourth-order valence-electron chi connectivity index (χ4n) is 3.10. The number of rotatable bonds is 5. The zero-order valence-corrected chi connectivity index (χ0v) is 15.0. The summed E-state index contributed by atoms with van der Waals surface area (Å²) in [6, 6.07) is 12.6. The zero-order valence-electron chi connectivity index (χ0n) is 15.0. The van der Waals surface area contributed by atoms with Crippen LogP contribution in [0.5, 0.6) is 11.5 Å². The third-order valence-electron chi connectivity index (χ3n) is 4.53. The van der Waals surface area contributed by atoms with E-state index in [1.54, 1.807) is 25.2 Å². The number of aliphatic hydroxyl groups excluding tert-OH is 1. The van der Waals surface area contributed by atoms with Gasteiger partial charge in [0, 0.05) is 17.7 Å². The SMILES string of the molecule is COc1ccc(OC)c(-c2cccc(C(=O)N3CCOC[C@@H]3CO)c2)c1. The van der Waals surface area contributed by atoms with Gasteiger partial charge in [-0.2, -0.15) is 0 Å². The fourth-order valence-corrected chi connectivity index (χ4v) is 3.10. The topological polar surface area (TPSA) is 68.2 Å². The Morgan fingerprint density at radius 1 is 1.23 bits per heavy atom. The van der Waals surface area contributed by atoms with E-state index in [-0.39, 0.29) is 18.6 Å². The van der Waals surface area contributed by atoms with Crippen molar-refractivity contribution in [2.45, 2.75) is 6.04 Å². The molecule has 1 heterocycles. The molecule has 1 fully saturated rings. The molecule has 6 heteroatoms.